The van der Waals surface area contributed by atoms with E-state index in [1.54, 1.807) is 38.1 Å². The first-order chi connectivity index (χ1) is 8.07. The molecule has 0 spiro atoms. The van der Waals surface area contributed by atoms with Gasteiger partial charge in [-0.2, -0.15) is 0 Å². The predicted octanol–water partition coefficient (Wildman–Crippen LogP) is 2.36. The van der Waals surface area contributed by atoms with Gasteiger partial charge in [0.25, 0.3) is 0 Å². The lowest BCUT2D eigenvalue weighted by Crippen LogP contribution is -2.25. The summed E-state index contributed by atoms with van der Waals surface area (Å²) in [6.45, 7) is 3.22. The molecule has 0 saturated heterocycles. The second-order valence-electron chi connectivity index (χ2n) is 3.98. The molecule has 0 heterocycles. The Morgan fingerprint density at radius 3 is 2.12 bits per heavy atom. The van der Waals surface area contributed by atoms with Crippen LogP contribution in [0.5, 0.6) is 0 Å². The highest BCUT2D eigenvalue weighted by Crippen LogP contribution is 2.26. The van der Waals surface area contributed by atoms with Crippen LogP contribution >= 0.6 is 0 Å². The predicted molar refractivity (Wildman–Crippen MR) is 63.1 cm³/mol. The third kappa shape index (κ3) is 1.64. The molecule has 0 bridgehead atoms. The lowest BCUT2D eigenvalue weighted by molar-refractivity contribution is -0.115. The summed E-state index contributed by atoms with van der Waals surface area (Å²) < 4.78 is 0. The van der Waals surface area contributed by atoms with E-state index in [2.05, 4.69) is 0 Å². The fourth-order valence-corrected chi connectivity index (χ4v) is 2.01. The molecule has 0 unspecified atom stereocenters. The van der Waals surface area contributed by atoms with Gasteiger partial charge in [-0.3, -0.25) is 14.4 Å². The molecule has 0 saturated carbocycles. The molecule has 0 atom stereocenters. The average molecular weight is 228 g/mol. The molecule has 0 aliphatic heterocycles. The largest absolute Gasteiger partial charge is 0.294 e. The normalized spacial score (nSPS) is 14.9. The highest BCUT2D eigenvalue weighted by Gasteiger charge is 2.32. The van der Waals surface area contributed by atoms with E-state index in [0.29, 0.717) is 11.1 Å². The number of hydrogen-bond donors (Lipinski definition) is 0. The highest BCUT2D eigenvalue weighted by molar-refractivity contribution is 6.36. The van der Waals surface area contributed by atoms with Crippen molar-refractivity contribution in [1.29, 1.82) is 0 Å². The number of hydrogen-bond acceptors (Lipinski definition) is 3. The quantitative estimate of drug-likeness (QED) is 0.730. The number of carbonyl (C=O) groups is 3. The third-order valence-electron chi connectivity index (χ3n) is 2.96. The first-order valence-electron chi connectivity index (χ1n) is 5.50. The van der Waals surface area contributed by atoms with Crippen molar-refractivity contribution >= 4 is 17.3 Å². The minimum absolute atomic E-state index is 0.0520. The average Bonchev–Trinajstić information content (AvgIpc) is 2.36. The maximum absolute atomic E-state index is 12.1. The van der Waals surface area contributed by atoms with Crippen molar-refractivity contribution in [3.63, 3.8) is 0 Å². The minimum atomic E-state index is -0.329. The van der Waals surface area contributed by atoms with E-state index in [4.69, 9.17) is 0 Å². The van der Waals surface area contributed by atoms with E-state index < -0.39 is 0 Å². The van der Waals surface area contributed by atoms with Crippen molar-refractivity contribution in [3.8, 4) is 0 Å². The monoisotopic (exact) mass is 228 g/mol. The van der Waals surface area contributed by atoms with Gasteiger partial charge in [-0.25, -0.2) is 0 Å². The topological polar surface area (TPSA) is 51.2 Å². The van der Waals surface area contributed by atoms with Crippen molar-refractivity contribution in [2.24, 2.45) is 0 Å². The zero-order valence-corrected chi connectivity index (χ0v) is 9.74. The first kappa shape index (κ1) is 11.5. The van der Waals surface area contributed by atoms with Crippen LogP contribution in [0.15, 0.2) is 35.4 Å². The van der Waals surface area contributed by atoms with Crippen LogP contribution in [0, 0.1) is 0 Å². The van der Waals surface area contributed by atoms with Gasteiger partial charge >= 0.3 is 0 Å². The zero-order chi connectivity index (χ0) is 12.6. The fourth-order valence-electron chi connectivity index (χ4n) is 2.01. The van der Waals surface area contributed by atoms with Crippen LogP contribution in [0.2, 0.25) is 0 Å². The molecule has 86 valence electrons. The van der Waals surface area contributed by atoms with Gasteiger partial charge in [-0.05, 0) is 6.92 Å². The van der Waals surface area contributed by atoms with Crippen molar-refractivity contribution in [2.45, 2.75) is 20.3 Å². The fraction of sp³-hybridized carbons (Fsp3) is 0.214. The number of fused-ring (bicyclic) bond motifs is 1. The van der Waals surface area contributed by atoms with E-state index >= 15 is 0 Å². The molecule has 1 aliphatic carbocycles. The van der Waals surface area contributed by atoms with Gasteiger partial charge in [0.15, 0.2) is 17.3 Å². The summed E-state index contributed by atoms with van der Waals surface area (Å²) in [4.78, 5) is 35.9. The summed E-state index contributed by atoms with van der Waals surface area (Å²) in [7, 11) is 0. The Balaban J connectivity index is 2.66. The van der Waals surface area contributed by atoms with Crippen molar-refractivity contribution in [1.82, 2.24) is 0 Å². The Morgan fingerprint density at radius 2 is 1.59 bits per heavy atom. The lowest BCUT2D eigenvalue weighted by Gasteiger charge is -2.17. The molecule has 1 aliphatic rings. The second-order valence-corrected chi connectivity index (χ2v) is 3.98. The standard InChI is InChI=1S/C14H12O3/c1-3-11(15)12-8(2)13(16)9-6-4-5-7-10(9)14(12)17/h4-7H,3H2,1-2H3. The van der Waals surface area contributed by atoms with Gasteiger partial charge in [-0.15, -0.1) is 0 Å². The van der Waals surface area contributed by atoms with Crippen molar-refractivity contribution < 1.29 is 14.4 Å². The number of Topliss-reactive ketones (excluding diaryl/α,β-unsaturated/α-hetero) is 3. The molecule has 0 aromatic heterocycles. The van der Waals surface area contributed by atoms with Gasteiger partial charge in [0.05, 0.1) is 5.57 Å². The number of rotatable bonds is 2. The Kier molecular flexibility index (Phi) is 2.76. The maximum Gasteiger partial charge on any atom is 0.197 e. The summed E-state index contributed by atoms with van der Waals surface area (Å²) in [5, 5.41) is 0. The van der Waals surface area contributed by atoms with E-state index in [1.807, 2.05) is 0 Å². The number of benzene rings is 1. The third-order valence-corrected chi connectivity index (χ3v) is 2.96. The van der Waals surface area contributed by atoms with Crippen LogP contribution < -0.4 is 0 Å². The van der Waals surface area contributed by atoms with Gasteiger partial charge < -0.3 is 0 Å². The molecule has 0 N–H and O–H groups in total. The summed E-state index contributed by atoms with van der Waals surface area (Å²) in [6, 6.07) is 6.61. The Hall–Kier alpha value is -2.03. The van der Waals surface area contributed by atoms with E-state index in [-0.39, 0.29) is 34.9 Å². The van der Waals surface area contributed by atoms with E-state index in [0.717, 1.165) is 0 Å². The van der Waals surface area contributed by atoms with Gasteiger partial charge in [0.2, 0.25) is 0 Å². The van der Waals surface area contributed by atoms with Crippen LogP contribution in [-0.2, 0) is 4.79 Å². The van der Waals surface area contributed by atoms with Crippen molar-refractivity contribution in [2.75, 3.05) is 0 Å². The smallest absolute Gasteiger partial charge is 0.197 e. The van der Waals surface area contributed by atoms with E-state index in [9.17, 15) is 14.4 Å². The number of carbonyl (C=O) groups excluding carboxylic acids is 3. The minimum Gasteiger partial charge on any atom is -0.294 e. The van der Waals surface area contributed by atoms with Gasteiger partial charge in [-0.1, -0.05) is 31.2 Å². The molecule has 3 heteroatoms. The Labute approximate surface area is 99.1 Å². The summed E-state index contributed by atoms with van der Waals surface area (Å²) >= 11 is 0. The summed E-state index contributed by atoms with van der Waals surface area (Å²) in [6.07, 6.45) is 0.230. The first-order valence-corrected chi connectivity index (χ1v) is 5.50. The second kappa shape index (κ2) is 4.09. The molecule has 0 amide bonds. The molecular formula is C14H12O3. The highest BCUT2D eigenvalue weighted by atomic mass is 16.2. The molecular weight excluding hydrogens is 216 g/mol. The molecule has 2 rings (SSSR count). The maximum atomic E-state index is 12.1. The van der Waals surface area contributed by atoms with Crippen LogP contribution in [0.4, 0.5) is 0 Å². The van der Waals surface area contributed by atoms with Crippen molar-refractivity contribution in [3.05, 3.63) is 46.5 Å². The van der Waals surface area contributed by atoms with E-state index in [1.165, 1.54) is 0 Å². The molecule has 3 nitrogen and oxygen atoms in total. The summed E-state index contributed by atoms with van der Waals surface area (Å²) in [5.74, 6) is -0.822. The molecule has 17 heavy (non-hydrogen) atoms. The SMILES string of the molecule is CCC(=O)C1=C(C)C(=O)c2ccccc2C1=O. The lowest BCUT2D eigenvalue weighted by atomic mass is 9.82. The van der Waals surface area contributed by atoms with Crippen LogP contribution in [0.3, 0.4) is 0 Å². The molecule has 0 radical (unpaired) electrons. The molecule has 1 aromatic rings. The van der Waals surface area contributed by atoms with Crippen LogP contribution in [-0.4, -0.2) is 17.3 Å². The Morgan fingerprint density at radius 1 is 1.06 bits per heavy atom. The molecule has 0 fully saturated rings. The van der Waals surface area contributed by atoms with Gasteiger partial charge in [0, 0.05) is 23.1 Å². The summed E-state index contributed by atoms with van der Waals surface area (Å²) in [5.41, 5.74) is 1.04. The van der Waals surface area contributed by atoms with Crippen LogP contribution in [0.25, 0.3) is 0 Å². The molecule has 1 aromatic carbocycles. The zero-order valence-electron chi connectivity index (χ0n) is 9.74. The van der Waals surface area contributed by atoms with Gasteiger partial charge in [0.1, 0.15) is 0 Å². The number of allylic oxidation sites excluding steroid dienone is 2. The Bertz CT molecular complexity index is 565. The van der Waals surface area contributed by atoms with Crippen LogP contribution in [0.1, 0.15) is 41.0 Å². The number of ketones is 3.